The first-order chi connectivity index (χ1) is 8.87. The van der Waals surface area contributed by atoms with Gasteiger partial charge in [-0.1, -0.05) is 45.7 Å². The van der Waals surface area contributed by atoms with Crippen LogP contribution in [0.2, 0.25) is 51.4 Å². The Hall–Kier alpha value is 0.354. The lowest BCUT2D eigenvalue weighted by Crippen LogP contribution is -2.60. The predicted octanol–water partition coefficient (Wildman–Crippen LogP) is 3.95. The Morgan fingerprint density at radius 1 is 0.800 bits per heavy atom. The Morgan fingerprint density at radius 2 is 1.15 bits per heavy atom. The van der Waals surface area contributed by atoms with Crippen LogP contribution in [0.5, 0.6) is 0 Å². The summed E-state index contributed by atoms with van der Waals surface area (Å²) in [5.74, 6) is 0.684. The van der Waals surface area contributed by atoms with Crippen molar-refractivity contribution in [2.75, 3.05) is 0 Å². The first-order valence-electron chi connectivity index (χ1n) is 8.32. The van der Waals surface area contributed by atoms with Gasteiger partial charge in [-0.2, -0.15) is 0 Å². The second-order valence-corrected chi connectivity index (χ2v) is 20.8. The third kappa shape index (κ3) is 2.94. The number of fused-ring (bicyclic) bond motifs is 2. The molecule has 4 atom stereocenters. The van der Waals surface area contributed by atoms with Crippen molar-refractivity contribution >= 4 is 16.1 Å². The maximum Gasteiger partial charge on any atom is 0.0938 e. The molecule has 0 unspecified atom stereocenters. The third-order valence-corrected chi connectivity index (χ3v) is 8.57. The summed E-state index contributed by atoms with van der Waals surface area (Å²) in [6.45, 7) is 13.9. The molecule has 118 valence electrons. The minimum atomic E-state index is -1.41. The molecule has 0 amide bonds. The lowest BCUT2D eigenvalue weighted by atomic mass is 9.81. The fourth-order valence-corrected chi connectivity index (χ4v) is 9.40. The van der Waals surface area contributed by atoms with Crippen LogP contribution in [0.4, 0.5) is 0 Å². The molecule has 0 heterocycles. The second-order valence-electron chi connectivity index (χ2n) is 9.88. The first kappa shape index (κ1) is 16.7. The topological polar surface area (TPSA) is 40.5 Å². The van der Waals surface area contributed by atoms with Crippen LogP contribution in [-0.2, 0) is 0 Å². The van der Waals surface area contributed by atoms with E-state index < -0.39 is 27.3 Å². The number of hydrogen-bond donors (Lipinski definition) is 2. The molecular weight excluding hydrogens is 280 g/mol. The van der Waals surface area contributed by atoms with Gasteiger partial charge in [-0.25, -0.2) is 0 Å². The molecule has 2 nitrogen and oxygen atoms in total. The van der Waals surface area contributed by atoms with Gasteiger partial charge < -0.3 is 10.2 Å². The maximum atomic E-state index is 11.6. The smallest absolute Gasteiger partial charge is 0.0938 e. The Morgan fingerprint density at radius 3 is 1.45 bits per heavy atom. The number of hydrogen-bond acceptors (Lipinski definition) is 2. The van der Waals surface area contributed by atoms with Crippen LogP contribution in [-0.4, -0.2) is 37.6 Å². The third-order valence-electron chi connectivity index (χ3n) is 5.37. The normalized spacial score (nSPS) is 42.0. The standard InChI is InChI=1S/C16H34O2Si2/c1-19(2,3)11-15(17)13-8-7-9-14(10-13)16(15,18)12-20(4,5)6/h13-14,17-18H,7-12H2,1-6H3/t13-,14-,15-,16-/m0/s1. The molecule has 0 spiro atoms. The average Bonchev–Trinajstić information content (AvgIpc) is 2.35. The molecule has 0 saturated heterocycles. The number of rotatable bonds is 4. The molecule has 2 rings (SSSR count). The van der Waals surface area contributed by atoms with Crippen molar-refractivity contribution in [1.29, 1.82) is 0 Å². The van der Waals surface area contributed by atoms with Crippen LogP contribution in [0.1, 0.15) is 25.7 Å². The van der Waals surface area contributed by atoms with Gasteiger partial charge in [0.2, 0.25) is 0 Å². The van der Waals surface area contributed by atoms with Gasteiger partial charge in [0, 0.05) is 16.1 Å². The lowest BCUT2D eigenvalue weighted by Gasteiger charge is -2.47. The molecule has 0 aliphatic heterocycles. The van der Waals surface area contributed by atoms with Gasteiger partial charge in [0.15, 0.2) is 0 Å². The highest BCUT2D eigenvalue weighted by Crippen LogP contribution is 2.59. The zero-order chi connectivity index (χ0) is 15.4. The van der Waals surface area contributed by atoms with Crippen LogP contribution in [0, 0.1) is 11.8 Å². The number of aliphatic hydroxyl groups is 2. The summed E-state index contributed by atoms with van der Waals surface area (Å²) in [5.41, 5.74) is -1.61. The molecule has 4 heteroatoms. The molecule has 2 fully saturated rings. The minimum Gasteiger partial charge on any atom is -0.387 e. The van der Waals surface area contributed by atoms with E-state index in [1.165, 1.54) is 6.42 Å². The Balaban J connectivity index is 2.39. The fourth-order valence-electron chi connectivity index (χ4n) is 4.98. The molecule has 2 N–H and O–H groups in total. The molecule has 0 aromatic rings. The molecule has 0 radical (unpaired) electrons. The van der Waals surface area contributed by atoms with Crippen molar-refractivity contribution in [2.45, 2.75) is 88.3 Å². The summed E-state index contributed by atoms with van der Waals surface area (Å²) in [7, 11) is -2.83. The molecule has 2 aliphatic rings. The van der Waals surface area contributed by atoms with E-state index in [-0.39, 0.29) is 0 Å². The zero-order valence-electron chi connectivity index (χ0n) is 14.3. The van der Waals surface area contributed by atoms with Gasteiger partial charge in [0.1, 0.15) is 0 Å². The van der Waals surface area contributed by atoms with E-state index in [0.29, 0.717) is 11.8 Å². The van der Waals surface area contributed by atoms with Crippen molar-refractivity contribution in [1.82, 2.24) is 0 Å². The summed E-state index contributed by atoms with van der Waals surface area (Å²) in [5, 5.41) is 23.2. The molecule has 0 aromatic carbocycles. The van der Waals surface area contributed by atoms with E-state index in [1.54, 1.807) is 0 Å². The highest BCUT2D eigenvalue weighted by molar-refractivity contribution is 6.77. The quantitative estimate of drug-likeness (QED) is 0.772. The SMILES string of the molecule is C[Si](C)(C)C[C@]1(O)[C@H]2CCC[C@@H](C2)[C@@]1(O)C[Si](C)(C)C. The van der Waals surface area contributed by atoms with E-state index in [9.17, 15) is 10.2 Å². The summed E-state index contributed by atoms with van der Waals surface area (Å²) in [6.07, 6.45) is 4.48. The molecule has 0 aromatic heterocycles. The Bertz CT molecular complexity index is 338. The van der Waals surface area contributed by atoms with Gasteiger partial charge in [-0.15, -0.1) is 0 Å². The van der Waals surface area contributed by atoms with E-state index in [4.69, 9.17) is 0 Å². The Labute approximate surface area is 127 Å². The second kappa shape index (κ2) is 4.93. The first-order valence-corrected chi connectivity index (χ1v) is 15.7. The zero-order valence-corrected chi connectivity index (χ0v) is 16.3. The van der Waals surface area contributed by atoms with Crippen molar-refractivity contribution in [2.24, 2.45) is 11.8 Å². The van der Waals surface area contributed by atoms with Gasteiger partial charge in [0.05, 0.1) is 11.2 Å². The summed E-state index contributed by atoms with van der Waals surface area (Å²) >= 11 is 0. The van der Waals surface area contributed by atoms with Crippen molar-refractivity contribution in [3.05, 3.63) is 0 Å². The van der Waals surface area contributed by atoms with Gasteiger partial charge in [-0.05, 0) is 43.2 Å². The lowest BCUT2D eigenvalue weighted by molar-refractivity contribution is -0.140. The van der Waals surface area contributed by atoms with Crippen molar-refractivity contribution in [3.8, 4) is 0 Å². The Kier molecular flexibility index (Phi) is 4.12. The van der Waals surface area contributed by atoms with Gasteiger partial charge in [0.25, 0.3) is 0 Å². The van der Waals surface area contributed by atoms with E-state index >= 15 is 0 Å². The predicted molar refractivity (Wildman–Crippen MR) is 91.7 cm³/mol. The van der Waals surface area contributed by atoms with E-state index in [0.717, 1.165) is 31.4 Å². The van der Waals surface area contributed by atoms with E-state index in [1.807, 2.05) is 0 Å². The van der Waals surface area contributed by atoms with Crippen LogP contribution in [0.25, 0.3) is 0 Å². The van der Waals surface area contributed by atoms with Crippen molar-refractivity contribution in [3.63, 3.8) is 0 Å². The monoisotopic (exact) mass is 314 g/mol. The van der Waals surface area contributed by atoms with Gasteiger partial charge >= 0.3 is 0 Å². The largest absolute Gasteiger partial charge is 0.387 e. The van der Waals surface area contributed by atoms with Crippen LogP contribution in [0.15, 0.2) is 0 Å². The molecule has 2 bridgehead atoms. The van der Waals surface area contributed by atoms with Crippen LogP contribution in [0.3, 0.4) is 0 Å². The molecule has 20 heavy (non-hydrogen) atoms. The van der Waals surface area contributed by atoms with E-state index in [2.05, 4.69) is 39.3 Å². The average molecular weight is 315 g/mol. The maximum absolute atomic E-state index is 11.6. The summed E-state index contributed by atoms with van der Waals surface area (Å²) in [4.78, 5) is 0. The van der Waals surface area contributed by atoms with Crippen LogP contribution >= 0.6 is 0 Å². The highest BCUT2D eigenvalue weighted by Gasteiger charge is 2.65. The fraction of sp³-hybridized carbons (Fsp3) is 1.00. The highest BCUT2D eigenvalue weighted by atomic mass is 28.3. The minimum absolute atomic E-state index is 0.342. The van der Waals surface area contributed by atoms with Crippen molar-refractivity contribution < 1.29 is 10.2 Å². The summed E-state index contributed by atoms with van der Waals surface area (Å²) < 4.78 is 0. The molecular formula is C16H34O2Si2. The van der Waals surface area contributed by atoms with Gasteiger partial charge in [-0.3, -0.25) is 0 Å². The summed E-state index contributed by atoms with van der Waals surface area (Å²) in [6, 6.07) is 1.73. The molecule has 2 saturated carbocycles. The molecule has 2 aliphatic carbocycles. The van der Waals surface area contributed by atoms with Crippen LogP contribution < -0.4 is 0 Å².